The molecule has 5 heteroatoms. The third kappa shape index (κ3) is 1.60. The molecule has 0 atom stereocenters. The lowest BCUT2D eigenvalue weighted by Gasteiger charge is -2.00. The van der Waals surface area contributed by atoms with E-state index in [1.165, 1.54) is 12.1 Å². The number of aromatic amines is 1. The van der Waals surface area contributed by atoms with Crippen molar-refractivity contribution in [3.05, 3.63) is 48.0 Å². The number of fused-ring (bicyclic) bond motifs is 1. The quantitative estimate of drug-likeness (QED) is 0.692. The van der Waals surface area contributed by atoms with E-state index in [0.717, 1.165) is 12.1 Å². The zero-order chi connectivity index (χ0) is 12.7. The summed E-state index contributed by atoms with van der Waals surface area (Å²) in [6, 6.07) is 8.01. The van der Waals surface area contributed by atoms with Gasteiger partial charge in [0.15, 0.2) is 5.82 Å². The summed E-state index contributed by atoms with van der Waals surface area (Å²) >= 11 is 0. The molecule has 3 nitrogen and oxygen atoms in total. The van der Waals surface area contributed by atoms with Crippen LogP contribution in [-0.2, 0) is 0 Å². The minimum Gasteiger partial charge on any atom is -0.507 e. The second-order valence-corrected chi connectivity index (χ2v) is 3.88. The van der Waals surface area contributed by atoms with Crippen molar-refractivity contribution >= 4 is 11.0 Å². The molecule has 0 bridgehead atoms. The standard InChI is InChI=1S/C13H8F2N2O/c14-7-4-5-11(18)8(6-7)13-16-10-3-1-2-9(15)12(10)17-13/h1-6,18H,(H,16,17). The van der Waals surface area contributed by atoms with Gasteiger partial charge in [0.25, 0.3) is 0 Å². The Morgan fingerprint density at radius 3 is 2.72 bits per heavy atom. The maximum Gasteiger partial charge on any atom is 0.151 e. The number of para-hydroxylation sites is 1. The van der Waals surface area contributed by atoms with E-state index in [4.69, 9.17) is 0 Å². The highest BCUT2D eigenvalue weighted by molar-refractivity contribution is 5.81. The molecule has 0 aliphatic carbocycles. The first kappa shape index (κ1) is 10.7. The summed E-state index contributed by atoms with van der Waals surface area (Å²) in [5.41, 5.74) is 0.857. The van der Waals surface area contributed by atoms with Crippen LogP contribution in [0.5, 0.6) is 5.75 Å². The summed E-state index contributed by atoms with van der Waals surface area (Å²) in [6.45, 7) is 0. The number of halogens is 2. The molecule has 2 N–H and O–H groups in total. The first-order valence-corrected chi connectivity index (χ1v) is 5.28. The lowest BCUT2D eigenvalue weighted by atomic mass is 10.2. The highest BCUT2D eigenvalue weighted by atomic mass is 19.1. The number of hydrogen-bond acceptors (Lipinski definition) is 2. The van der Waals surface area contributed by atoms with Crippen molar-refractivity contribution in [3.63, 3.8) is 0 Å². The van der Waals surface area contributed by atoms with Crippen LogP contribution < -0.4 is 0 Å². The number of imidazole rings is 1. The molecule has 0 aliphatic heterocycles. The van der Waals surface area contributed by atoms with Crippen molar-refractivity contribution < 1.29 is 13.9 Å². The zero-order valence-electron chi connectivity index (χ0n) is 9.11. The van der Waals surface area contributed by atoms with Crippen molar-refractivity contribution in [2.75, 3.05) is 0 Å². The summed E-state index contributed by atoms with van der Waals surface area (Å²) < 4.78 is 26.6. The molecule has 1 aromatic heterocycles. The molecule has 0 radical (unpaired) electrons. The number of aromatic hydroxyl groups is 1. The fourth-order valence-corrected chi connectivity index (χ4v) is 1.82. The number of nitrogens with zero attached hydrogens (tertiary/aromatic N) is 1. The van der Waals surface area contributed by atoms with Gasteiger partial charge in [-0.05, 0) is 30.3 Å². The van der Waals surface area contributed by atoms with E-state index in [1.54, 1.807) is 12.1 Å². The normalized spacial score (nSPS) is 11.0. The van der Waals surface area contributed by atoms with Gasteiger partial charge in [0.1, 0.15) is 22.9 Å². The molecule has 18 heavy (non-hydrogen) atoms. The molecule has 0 fully saturated rings. The predicted molar refractivity (Wildman–Crippen MR) is 63.1 cm³/mol. The van der Waals surface area contributed by atoms with E-state index in [9.17, 15) is 13.9 Å². The van der Waals surface area contributed by atoms with Crippen LogP contribution in [-0.4, -0.2) is 15.1 Å². The van der Waals surface area contributed by atoms with Gasteiger partial charge in [0.05, 0.1) is 11.1 Å². The number of aromatic nitrogens is 2. The fraction of sp³-hybridized carbons (Fsp3) is 0. The summed E-state index contributed by atoms with van der Waals surface area (Å²) in [5.74, 6) is -0.849. The second-order valence-electron chi connectivity index (χ2n) is 3.88. The maximum atomic E-state index is 13.5. The Balaban J connectivity index is 2.26. The molecular formula is C13H8F2N2O. The molecule has 1 heterocycles. The Morgan fingerprint density at radius 1 is 1.11 bits per heavy atom. The van der Waals surface area contributed by atoms with E-state index < -0.39 is 11.6 Å². The summed E-state index contributed by atoms with van der Waals surface area (Å²) in [4.78, 5) is 6.87. The number of hydrogen-bond donors (Lipinski definition) is 2. The van der Waals surface area contributed by atoms with Crippen molar-refractivity contribution in [1.82, 2.24) is 9.97 Å². The van der Waals surface area contributed by atoms with Gasteiger partial charge >= 0.3 is 0 Å². The van der Waals surface area contributed by atoms with E-state index in [1.807, 2.05) is 0 Å². The minimum atomic E-state index is -0.497. The molecular weight excluding hydrogens is 238 g/mol. The lowest BCUT2D eigenvalue weighted by molar-refractivity contribution is 0.475. The van der Waals surface area contributed by atoms with Crippen LogP contribution in [0.1, 0.15) is 0 Å². The largest absolute Gasteiger partial charge is 0.507 e. The van der Waals surface area contributed by atoms with Crippen molar-refractivity contribution in [2.24, 2.45) is 0 Å². The number of phenolic OH excluding ortho intramolecular Hbond substituents is 1. The Kier molecular flexibility index (Phi) is 2.26. The van der Waals surface area contributed by atoms with Crippen LogP contribution in [0.3, 0.4) is 0 Å². The Labute approximate surface area is 101 Å². The van der Waals surface area contributed by atoms with Gasteiger partial charge in [0, 0.05) is 0 Å². The third-order valence-electron chi connectivity index (χ3n) is 2.68. The van der Waals surface area contributed by atoms with Crippen molar-refractivity contribution in [3.8, 4) is 17.1 Å². The summed E-state index contributed by atoms with van der Waals surface area (Å²) in [7, 11) is 0. The van der Waals surface area contributed by atoms with Gasteiger partial charge < -0.3 is 10.1 Å². The molecule has 0 spiro atoms. The SMILES string of the molecule is Oc1ccc(F)cc1-c1nc2c(F)cccc2[nH]1. The van der Waals surface area contributed by atoms with Crippen molar-refractivity contribution in [1.29, 1.82) is 0 Å². The van der Waals surface area contributed by atoms with Gasteiger partial charge in [-0.15, -0.1) is 0 Å². The number of nitrogens with one attached hydrogen (secondary N) is 1. The van der Waals surface area contributed by atoms with E-state index in [-0.39, 0.29) is 22.7 Å². The highest BCUT2D eigenvalue weighted by Gasteiger charge is 2.12. The fourth-order valence-electron chi connectivity index (χ4n) is 1.82. The molecule has 0 saturated carbocycles. The highest BCUT2D eigenvalue weighted by Crippen LogP contribution is 2.29. The van der Waals surface area contributed by atoms with Crippen LogP contribution in [0.4, 0.5) is 8.78 Å². The van der Waals surface area contributed by atoms with Crippen LogP contribution in [0.2, 0.25) is 0 Å². The second kappa shape index (κ2) is 3.80. The molecule has 2 aromatic carbocycles. The Morgan fingerprint density at radius 2 is 1.94 bits per heavy atom. The lowest BCUT2D eigenvalue weighted by Crippen LogP contribution is -1.83. The van der Waals surface area contributed by atoms with Gasteiger partial charge in [0.2, 0.25) is 0 Å². The Bertz CT molecular complexity index is 737. The summed E-state index contributed by atoms with van der Waals surface area (Å²) in [6.07, 6.45) is 0. The first-order valence-electron chi connectivity index (χ1n) is 5.28. The predicted octanol–water partition coefficient (Wildman–Crippen LogP) is 3.21. The molecule has 90 valence electrons. The van der Waals surface area contributed by atoms with Gasteiger partial charge in [-0.3, -0.25) is 0 Å². The van der Waals surface area contributed by atoms with Crippen molar-refractivity contribution in [2.45, 2.75) is 0 Å². The molecule has 3 rings (SSSR count). The number of H-pyrrole nitrogens is 1. The van der Waals surface area contributed by atoms with Crippen LogP contribution in [0.25, 0.3) is 22.4 Å². The zero-order valence-corrected chi connectivity index (χ0v) is 9.11. The average Bonchev–Trinajstić information content (AvgIpc) is 2.77. The summed E-state index contributed by atoms with van der Waals surface area (Å²) in [5, 5.41) is 9.66. The van der Waals surface area contributed by atoms with E-state index in [0.29, 0.717) is 5.52 Å². The topological polar surface area (TPSA) is 48.9 Å². The molecule has 0 amide bonds. The minimum absolute atomic E-state index is 0.115. The third-order valence-corrected chi connectivity index (χ3v) is 2.68. The Hall–Kier alpha value is -2.43. The van der Waals surface area contributed by atoms with Gasteiger partial charge in [-0.2, -0.15) is 0 Å². The van der Waals surface area contributed by atoms with Crippen LogP contribution in [0, 0.1) is 11.6 Å². The monoisotopic (exact) mass is 246 g/mol. The van der Waals surface area contributed by atoms with Crippen LogP contribution >= 0.6 is 0 Å². The smallest absolute Gasteiger partial charge is 0.151 e. The number of phenols is 1. The van der Waals surface area contributed by atoms with Crippen LogP contribution in [0.15, 0.2) is 36.4 Å². The average molecular weight is 246 g/mol. The molecule has 0 aliphatic rings. The molecule has 0 unspecified atom stereocenters. The number of rotatable bonds is 1. The van der Waals surface area contributed by atoms with E-state index >= 15 is 0 Å². The molecule has 3 aromatic rings. The first-order chi connectivity index (χ1) is 8.65. The molecule has 0 saturated heterocycles. The van der Waals surface area contributed by atoms with Gasteiger partial charge in [-0.1, -0.05) is 6.07 Å². The van der Waals surface area contributed by atoms with E-state index in [2.05, 4.69) is 9.97 Å². The number of benzene rings is 2. The van der Waals surface area contributed by atoms with Gasteiger partial charge in [-0.25, -0.2) is 13.8 Å². The maximum absolute atomic E-state index is 13.5.